The minimum Gasteiger partial charge on any atom is -0.508 e. The lowest BCUT2D eigenvalue weighted by molar-refractivity contribution is -0.140. The predicted octanol–water partition coefficient (Wildman–Crippen LogP) is 3.73. The van der Waals surface area contributed by atoms with Crippen molar-refractivity contribution in [1.82, 2.24) is 9.88 Å². The number of Topliss-reactive ketones (excluding diaryl/α,β-unsaturated/α-hetero) is 1. The number of ether oxygens (including phenoxy) is 1. The number of ketones is 1. The number of fused-ring (bicyclic) bond motifs is 1. The second-order valence-corrected chi connectivity index (χ2v) is 8.33. The van der Waals surface area contributed by atoms with E-state index in [-0.39, 0.29) is 29.7 Å². The molecule has 2 N–H and O–H groups in total. The third-order valence-corrected chi connectivity index (χ3v) is 6.00. The maximum atomic E-state index is 13.2. The molecule has 1 fully saturated rings. The Bertz CT molecular complexity index is 1280. The first-order chi connectivity index (χ1) is 15.9. The number of aromatic nitrogens is 1. The molecule has 0 radical (unpaired) electrons. The highest BCUT2D eigenvalue weighted by atomic mass is 16.5. The third kappa shape index (κ3) is 3.71. The van der Waals surface area contributed by atoms with E-state index in [0.717, 1.165) is 16.9 Å². The van der Waals surface area contributed by atoms with Crippen molar-refractivity contribution in [2.45, 2.75) is 32.0 Å². The SMILES string of the molecule is C[C@@H]1Cc2cc(C(O)=C3C(=O)C(=O)N(Cc4ccncc4)[C@@H]3c3cccc(O)c3)ccc2O1. The minimum atomic E-state index is -0.853. The lowest BCUT2D eigenvalue weighted by Crippen LogP contribution is -2.29. The van der Waals surface area contributed by atoms with E-state index in [1.165, 1.54) is 17.0 Å². The number of phenols is 1. The largest absolute Gasteiger partial charge is 0.508 e. The van der Waals surface area contributed by atoms with Gasteiger partial charge in [-0.1, -0.05) is 12.1 Å². The number of benzene rings is 2. The number of aliphatic hydroxyl groups is 1. The molecule has 0 unspecified atom stereocenters. The molecular formula is C26H22N2O5. The highest BCUT2D eigenvalue weighted by molar-refractivity contribution is 6.46. The second-order valence-electron chi connectivity index (χ2n) is 8.33. The Labute approximate surface area is 190 Å². The number of hydrogen-bond acceptors (Lipinski definition) is 6. The zero-order valence-corrected chi connectivity index (χ0v) is 17.9. The summed E-state index contributed by atoms with van der Waals surface area (Å²) < 4.78 is 5.73. The Kier molecular flexibility index (Phi) is 5.09. The van der Waals surface area contributed by atoms with Gasteiger partial charge in [0.15, 0.2) is 0 Å². The number of carbonyl (C=O) groups excluding carboxylic acids is 2. The monoisotopic (exact) mass is 442 g/mol. The van der Waals surface area contributed by atoms with Gasteiger partial charge in [0.1, 0.15) is 23.4 Å². The molecule has 2 atom stereocenters. The van der Waals surface area contributed by atoms with Crippen molar-refractivity contribution in [3.05, 3.63) is 94.8 Å². The lowest BCUT2D eigenvalue weighted by Gasteiger charge is -2.25. The van der Waals surface area contributed by atoms with Crippen LogP contribution in [0.5, 0.6) is 11.5 Å². The maximum absolute atomic E-state index is 13.2. The van der Waals surface area contributed by atoms with Gasteiger partial charge in [0.2, 0.25) is 0 Å². The predicted molar refractivity (Wildman–Crippen MR) is 120 cm³/mol. The molecular weight excluding hydrogens is 420 g/mol. The number of phenolic OH excluding ortho intramolecular Hbond substituents is 1. The first kappa shape index (κ1) is 20.8. The molecule has 3 aromatic rings. The molecule has 0 saturated carbocycles. The highest BCUT2D eigenvalue weighted by Gasteiger charge is 2.46. The Morgan fingerprint density at radius 1 is 1.12 bits per heavy atom. The van der Waals surface area contributed by atoms with E-state index in [1.54, 1.807) is 54.9 Å². The molecule has 1 amide bonds. The molecule has 0 aliphatic carbocycles. The van der Waals surface area contributed by atoms with Gasteiger partial charge in [-0.25, -0.2) is 0 Å². The normalized spacial score (nSPS) is 21.2. The van der Waals surface area contributed by atoms with Crippen LogP contribution in [0, 0.1) is 0 Å². The molecule has 166 valence electrons. The molecule has 1 saturated heterocycles. The Morgan fingerprint density at radius 2 is 1.91 bits per heavy atom. The van der Waals surface area contributed by atoms with Crippen LogP contribution in [0.4, 0.5) is 0 Å². The number of hydrogen-bond donors (Lipinski definition) is 2. The molecule has 33 heavy (non-hydrogen) atoms. The quantitative estimate of drug-likeness (QED) is 0.363. The van der Waals surface area contributed by atoms with Crippen LogP contribution in [0.25, 0.3) is 5.76 Å². The van der Waals surface area contributed by atoms with Crippen LogP contribution in [0.1, 0.15) is 35.2 Å². The summed E-state index contributed by atoms with van der Waals surface area (Å²) in [5.74, 6) is -0.964. The average Bonchev–Trinajstić information content (AvgIpc) is 3.30. The zero-order chi connectivity index (χ0) is 23.1. The summed E-state index contributed by atoms with van der Waals surface area (Å²) in [4.78, 5) is 31.7. The number of aromatic hydroxyl groups is 1. The number of amides is 1. The smallest absolute Gasteiger partial charge is 0.295 e. The van der Waals surface area contributed by atoms with Gasteiger partial charge in [-0.2, -0.15) is 0 Å². The van der Waals surface area contributed by atoms with Crippen LogP contribution in [0.2, 0.25) is 0 Å². The number of likely N-dealkylation sites (tertiary alicyclic amines) is 1. The van der Waals surface area contributed by atoms with E-state index < -0.39 is 17.7 Å². The molecule has 0 bridgehead atoms. The van der Waals surface area contributed by atoms with Gasteiger partial charge in [-0.3, -0.25) is 14.6 Å². The third-order valence-electron chi connectivity index (χ3n) is 6.00. The van der Waals surface area contributed by atoms with Crippen molar-refractivity contribution in [1.29, 1.82) is 0 Å². The summed E-state index contributed by atoms with van der Waals surface area (Å²) in [5.41, 5.74) is 2.69. The Morgan fingerprint density at radius 3 is 2.67 bits per heavy atom. The molecule has 0 spiro atoms. The summed E-state index contributed by atoms with van der Waals surface area (Å²) in [6.45, 7) is 2.12. The summed E-state index contributed by atoms with van der Waals surface area (Å²) >= 11 is 0. The van der Waals surface area contributed by atoms with Gasteiger partial charge in [-0.15, -0.1) is 0 Å². The first-order valence-corrected chi connectivity index (χ1v) is 10.7. The van der Waals surface area contributed by atoms with Gasteiger partial charge >= 0.3 is 0 Å². The topological polar surface area (TPSA) is 100.0 Å². The number of carbonyl (C=O) groups is 2. The maximum Gasteiger partial charge on any atom is 0.295 e. The summed E-state index contributed by atoms with van der Waals surface area (Å²) in [6.07, 6.45) is 3.96. The highest BCUT2D eigenvalue weighted by Crippen LogP contribution is 2.41. The van der Waals surface area contributed by atoms with Crippen molar-refractivity contribution < 1.29 is 24.5 Å². The molecule has 2 aromatic carbocycles. The number of nitrogens with zero attached hydrogens (tertiary/aromatic N) is 2. The van der Waals surface area contributed by atoms with Crippen molar-refractivity contribution in [3.63, 3.8) is 0 Å². The van der Waals surface area contributed by atoms with Crippen LogP contribution in [-0.2, 0) is 22.6 Å². The van der Waals surface area contributed by atoms with Crippen LogP contribution in [0.15, 0.2) is 72.6 Å². The zero-order valence-electron chi connectivity index (χ0n) is 17.9. The Hall–Kier alpha value is -4.13. The number of rotatable bonds is 4. The van der Waals surface area contributed by atoms with E-state index in [1.807, 2.05) is 6.92 Å². The van der Waals surface area contributed by atoms with Gasteiger partial charge < -0.3 is 19.8 Å². The molecule has 5 rings (SSSR count). The molecule has 2 aliphatic rings. The van der Waals surface area contributed by atoms with E-state index in [2.05, 4.69) is 4.98 Å². The fraction of sp³-hybridized carbons (Fsp3) is 0.192. The van der Waals surface area contributed by atoms with Gasteiger partial charge in [0, 0.05) is 30.9 Å². The van der Waals surface area contributed by atoms with Crippen molar-refractivity contribution in [2.75, 3.05) is 0 Å². The molecule has 3 heterocycles. The average molecular weight is 442 g/mol. The summed E-state index contributed by atoms with van der Waals surface area (Å²) in [5, 5.41) is 21.3. The van der Waals surface area contributed by atoms with E-state index in [4.69, 9.17) is 4.74 Å². The summed E-state index contributed by atoms with van der Waals surface area (Å²) in [6, 6.07) is 14.3. The fourth-order valence-electron chi connectivity index (χ4n) is 4.49. The van der Waals surface area contributed by atoms with Crippen LogP contribution in [0.3, 0.4) is 0 Å². The van der Waals surface area contributed by atoms with E-state index >= 15 is 0 Å². The van der Waals surface area contributed by atoms with Crippen LogP contribution < -0.4 is 4.74 Å². The van der Waals surface area contributed by atoms with Gasteiger partial charge in [0.25, 0.3) is 11.7 Å². The van der Waals surface area contributed by atoms with Crippen molar-refractivity contribution in [3.8, 4) is 11.5 Å². The first-order valence-electron chi connectivity index (χ1n) is 10.7. The molecule has 1 aromatic heterocycles. The molecule has 2 aliphatic heterocycles. The van der Waals surface area contributed by atoms with E-state index in [0.29, 0.717) is 17.5 Å². The standard InChI is InChI=1S/C26H22N2O5/c1-15-11-19-12-18(5-6-21(19)33-15)24(30)22-23(17-3-2-4-20(29)13-17)28(26(32)25(22)31)14-16-7-9-27-10-8-16/h2-10,12-13,15,23,29-30H,11,14H2,1H3/t15-,23-/m1/s1. The fourth-order valence-corrected chi connectivity index (χ4v) is 4.49. The second kappa shape index (κ2) is 8.09. The van der Waals surface area contributed by atoms with Gasteiger partial charge in [-0.05, 0) is 66.1 Å². The minimum absolute atomic E-state index is 0.00525. The number of pyridine rings is 1. The van der Waals surface area contributed by atoms with E-state index in [9.17, 15) is 19.8 Å². The van der Waals surface area contributed by atoms with Crippen LogP contribution in [-0.4, -0.2) is 37.9 Å². The molecule has 7 nitrogen and oxygen atoms in total. The lowest BCUT2D eigenvalue weighted by atomic mass is 9.94. The van der Waals surface area contributed by atoms with Crippen molar-refractivity contribution in [2.24, 2.45) is 0 Å². The molecule has 7 heteroatoms. The Balaban J connectivity index is 1.64. The van der Waals surface area contributed by atoms with Crippen molar-refractivity contribution >= 4 is 17.4 Å². The van der Waals surface area contributed by atoms with Gasteiger partial charge in [0.05, 0.1) is 11.6 Å². The van der Waals surface area contributed by atoms with Crippen LogP contribution >= 0.6 is 0 Å². The summed E-state index contributed by atoms with van der Waals surface area (Å²) in [7, 11) is 0. The number of aliphatic hydroxyl groups excluding tert-OH is 1.